The molecule has 27 heavy (non-hydrogen) atoms. The second-order valence-corrected chi connectivity index (χ2v) is 6.43. The van der Waals surface area contributed by atoms with Crippen molar-refractivity contribution in [3.05, 3.63) is 65.2 Å². The first-order valence-corrected chi connectivity index (χ1v) is 9.39. The molecular formula is C22H28N2O3. The Morgan fingerprint density at radius 3 is 2.26 bits per heavy atom. The summed E-state index contributed by atoms with van der Waals surface area (Å²) in [5.74, 6) is -0.531. The summed E-state index contributed by atoms with van der Waals surface area (Å²) in [6.07, 6.45) is 3.72. The molecule has 0 aliphatic heterocycles. The molecule has 5 heteroatoms. The van der Waals surface area contributed by atoms with E-state index < -0.39 is 0 Å². The number of benzene rings is 2. The van der Waals surface area contributed by atoms with E-state index in [-0.39, 0.29) is 24.8 Å². The molecule has 0 atom stereocenters. The van der Waals surface area contributed by atoms with Gasteiger partial charge in [0, 0.05) is 24.3 Å². The highest BCUT2D eigenvalue weighted by Crippen LogP contribution is 2.13. The Morgan fingerprint density at radius 2 is 1.63 bits per heavy atom. The van der Waals surface area contributed by atoms with E-state index in [1.165, 1.54) is 25.5 Å². The monoisotopic (exact) mass is 368 g/mol. The van der Waals surface area contributed by atoms with Crippen LogP contribution in [0.4, 0.5) is 5.69 Å². The van der Waals surface area contributed by atoms with Gasteiger partial charge in [-0.2, -0.15) is 0 Å². The van der Waals surface area contributed by atoms with Gasteiger partial charge in [0.25, 0.3) is 5.91 Å². The third-order valence-corrected chi connectivity index (χ3v) is 4.33. The molecule has 0 unspecified atom stereocenters. The Kier molecular flexibility index (Phi) is 8.36. The van der Waals surface area contributed by atoms with E-state index in [1.54, 1.807) is 12.1 Å². The van der Waals surface area contributed by atoms with Gasteiger partial charge in [-0.1, -0.05) is 37.6 Å². The zero-order valence-electron chi connectivity index (χ0n) is 16.1. The Morgan fingerprint density at radius 1 is 0.963 bits per heavy atom. The Bertz CT molecular complexity index is 724. The fourth-order valence-electron chi connectivity index (χ4n) is 2.63. The molecule has 2 aromatic carbocycles. The summed E-state index contributed by atoms with van der Waals surface area (Å²) in [5.41, 5.74) is 4.12. The van der Waals surface area contributed by atoms with E-state index in [2.05, 4.69) is 46.6 Å². The van der Waals surface area contributed by atoms with E-state index in [4.69, 9.17) is 0 Å². The molecule has 1 amide bonds. The van der Waals surface area contributed by atoms with Gasteiger partial charge in [0.15, 0.2) is 0 Å². The number of carbonyl (C=O) groups is 2. The summed E-state index contributed by atoms with van der Waals surface area (Å²) >= 11 is 0. The molecule has 0 radical (unpaired) electrons. The van der Waals surface area contributed by atoms with Gasteiger partial charge < -0.3 is 15.4 Å². The minimum atomic E-state index is -0.338. The van der Waals surface area contributed by atoms with Crippen LogP contribution in [0.2, 0.25) is 0 Å². The lowest BCUT2D eigenvalue weighted by Gasteiger charge is -2.09. The zero-order chi connectivity index (χ0) is 19.5. The number of ether oxygens (including phenoxy) is 1. The number of esters is 1. The molecule has 0 bridgehead atoms. The largest absolute Gasteiger partial charge is 0.469 e. The Balaban J connectivity index is 1.79. The van der Waals surface area contributed by atoms with Crippen molar-refractivity contribution in [2.45, 2.75) is 39.2 Å². The number of amides is 1. The van der Waals surface area contributed by atoms with Gasteiger partial charge in [-0.25, -0.2) is 0 Å². The first kappa shape index (κ1) is 20.5. The minimum Gasteiger partial charge on any atom is -0.469 e. The number of anilines is 1. The van der Waals surface area contributed by atoms with Crippen molar-refractivity contribution in [1.82, 2.24) is 5.32 Å². The number of aryl methyl sites for hydroxylation is 1. The topological polar surface area (TPSA) is 67.4 Å². The van der Waals surface area contributed by atoms with Crippen molar-refractivity contribution in [3.63, 3.8) is 0 Å². The molecular weight excluding hydrogens is 340 g/mol. The van der Waals surface area contributed by atoms with Crippen LogP contribution in [0, 0.1) is 0 Å². The second kappa shape index (κ2) is 11.0. The third kappa shape index (κ3) is 7.13. The van der Waals surface area contributed by atoms with Crippen molar-refractivity contribution in [2.24, 2.45) is 0 Å². The van der Waals surface area contributed by atoms with Gasteiger partial charge in [0.2, 0.25) is 0 Å². The molecule has 0 saturated carbocycles. The first-order valence-electron chi connectivity index (χ1n) is 9.39. The lowest BCUT2D eigenvalue weighted by molar-refractivity contribution is -0.140. The lowest BCUT2D eigenvalue weighted by atomic mass is 10.1. The van der Waals surface area contributed by atoms with Gasteiger partial charge >= 0.3 is 5.97 Å². The molecule has 0 aromatic heterocycles. The lowest BCUT2D eigenvalue weighted by Crippen LogP contribution is -2.26. The summed E-state index contributed by atoms with van der Waals surface area (Å²) in [7, 11) is 1.33. The predicted octanol–water partition coefficient (Wildman–Crippen LogP) is 3.93. The van der Waals surface area contributed by atoms with Crippen molar-refractivity contribution < 1.29 is 14.3 Å². The molecule has 2 rings (SSSR count). The summed E-state index contributed by atoms with van der Waals surface area (Å²) in [6, 6.07) is 16.0. The van der Waals surface area contributed by atoms with Crippen LogP contribution in [-0.4, -0.2) is 25.5 Å². The van der Waals surface area contributed by atoms with Crippen molar-refractivity contribution in [1.29, 1.82) is 0 Å². The Labute approximate surface area is 161 Å². The summed E-state index contributed by atoms with van der Waals surface area (Å²) in [6.45, 7) is 3.16. The van der Waals surface area contributed by atoms with Crippen LogP contribution in [-0.2, 0) is 22.5 Å². The maximum Gasteiger partial charge on any atom is 0.307 e. The summed E-state index contributed by atoms with van der Waals surface area (Å²) in [5, 5.41) is 6.10. The number of hydrogen-bond donors (Lipinski definition) is 2. The molecule has 0 aliphatic carbocycles. The maximum absolute atomic E-state index is 12.0. The fourth-order valence-corrected chi connectivity index (χ4v) is 2.63. The number of carbonyl (C=O) groups excluding carboxylic acids is 2. The van der Waals surface area contributed by atoms with Crippen LogP contribution >= 0.6 is 0 Å². The highest BCUT2D eigenvalue weighted by molar-refractivity contribution is 5.94. The van der Waals surface area contributed by atoms with Crippen LogP contribution in [0.25, 0.3) is 0 Å². The summed E-state index contributed by atoms with van der Waals surface area (Å²) in [4.78, 5) is 23.1. The average molecular weight is 368 g/mol. The van der Waals surface area contributed by atoms with Crippen LogP contribution in [0.3, 0.4) is 0 Å². The van der Waals surface area contributed by atoms with E-state index in [9.17, 15) is 9.59 Å². The molecule has 0 spiro atoms. The second-order valence-electron chi connectivity index (χ2n) is 6.43. The van der Waals surface area contributed by atoms with E-state index in [0.717, 1.165) is 17.7 Å². The minimum absolute atomic E-state index is 0.168. The van der Waals surface area contributed by atoms with Gasteiger partial charge in [-0.05, 0) is 48.2 Å². The van der Waals surface area contributed by atoms with Crippen molar-refractivity contribution in [2.75, 3.05) is 19.0 Å². The average Bonchev–Trinajstić information content (AvgIpc) is 2.71. The van der Waals surface area contributed by atoms with Crippen molar-refractivity contribution >= 4 is 17.6 Å². The zero-order valence-corrected chi connectivity index (χ0v) is 16.1. The van der Waals surface area contributed by atoms with Crippen LogP contribution in [0.15, 0.2) is 48.5 Å². The molecule has 0 aliphatic rings. The number of nitrogens with one attached hydrogen (secondary N) is 2. The SMILES string of the molecule is CCCCc1ccc(NCc2ccc(C(=O)NCCC(=O)OC)cc2)cc1. The normalized spacial score (nSPS) is 10.3. The smallest absolute Gasteiger partial charge is 0.307 e. The molecule has 2 aromatic rings. The third-order valence-electron chi connectivity index (χ3n) is 4.33. The van der Waals surface area contributed by atoms with Crippen molar-refractivity contribution in [3.8, 4) is 0 Å². The molecule has 0 saturated heterocycles. The van der Waals surface area contributed by atoms with Gasteiger partial charge in [0.05, 0.1) is 13.5 Å². The van der Waals surface area contributed by atoms with Gasteiger partial charge in [0.1, 0.15) is 0 Å². The molecule has 2 N–H and O–H groups in total. The highest BCUT2D eigenvalue weighted by Gasteiger charge is 2.06. The predicted molar refractivity (Wildman–Crippen MR) is 108 cm³/mol. The van der Waals surface area contributed by atoms with Gasteiger partial charge in [-0.15, -0.1) is 0 Å². The van der Waals surface area contributed by atoms with E-state index >= 15 is 0 Å². The Hall–Kier alpha value is -2.82. The maximum atomic E-state index is 12.0. The summed E-state index contributed by atoms with van der Waals surface area (Å²) < 4.78 is 4.54. The number of methoxy groups -OCH3 is 1. The standard InChI is InChI=1S/C22H28N2O3/c1-3-4-5-17-8-12-20(13-9-17)24-16-18-6-10-19(11-7-18)22(26)23-15-14-21(25)27-2/h6-13,24H,3-5,14-16H2,1-2H3,(H,23,26). The van der Waals surface area contributed by atoms with Crippen LogP contribution in [0.5, 0.6) is 0 Å². The first-order chi connectivity index (χ1) is 13.1. The van der Waals surface area contributed by atoms with Gasteiger partial charge in [-0.3, -0.25) is 9.59 Å². The fraction of sp³-hybridized carbons (Fsp3) is 0.364. The number of hydrogen-bond acceptors (Lipinski definition) is 4. The molecule has 0 fully saturated rings. The van der Waals surface area contributed by atoms with E-state index in [0.29, 0.717) is 12.1 Å². The quantitative estimate of drug-likeness (QED) is 0.624. The number of unbranched alkanes of at least 4 members (excludes halogenated alkanes) is 1. The molecule has 5 nitrogen and oxygen atoms in total. The highest BCUT2D eigenvalue weighted by atomic mass is 16.5. The van der Waals surface area contributed by atoms with Crippen LogP contribution < -0.4 is 10.6 Å². The number of rotatable bonds is 10. The molecule has 0 heterocycles. The molecule has 144 valence electrons. The van der Waals surface area contributed by atoms with E-state index in [1.807, 2.05) is 12.1 Å². The van der Waals surface area contributed by atoms with Crippen LogP contribution in [0.1, 0.15) is 47.7 Å².